The number of amides is 1. The van der Waals surface area contributed by atoms with Crippen LogP contribution in [0.4, 0.5) is 5.69 Å². The fraction of sp³-hybridized carbons (Fsp3) is 0.588. The first kappa shape index (κ1) is 14.9. The average molecular weight is 274 g/mol. The van der Waals surface area contributed by atoms with Crippen LogP contribution < -0.4 is 5.73 Å². The van der Waals surface area contributed by atoms with Crippen molar-refractivity contribution >= 4 is 11.6 Å². The van der Waals surface area contributed by atoms with Gasteiger partial charge in [-0.15, -0.1) is 0 Å². The smallest absolute Gasteiger partial charge is 0.226 e. The van der Waals surface area contributed by atoms with Crippen LogP contribution in [0.1, 0.15) is 45.1 Å². The molecule has 0 spiro atoms. The SMILES string of the molecule is CN(Cc1ccc(N)cc1)C(=O)C1CCCCC1(C)C. The lowest BCUT2D eigenvalue weighted by Gasteiger charge is -2.39. The minimum absolute atomic E-state index is 0.130. The Balaban J connectivity index is 2.02. The normalized spacial score (nSPS) is 21.4. The Bertz CT molecular complexity index is 464. The van der Waals surface area contributed by atoms with Crippen molar-refractivity contribution in [2.75, 3.05) is 12.8 Å². The van der Waals surface area contributed by atoms with Crippen LogP contribution in [0.25, 0.3) is 0 Å². The van der Waals surface area contributed by atoms with Crippen molar-refractivity contribution in [2.45, 2.75) is 46.1 Å². The molecule has 0 bridgehead atoms. The van der Waals surface area contributed by atoms with Crippen molar-refractivity contribution in [1.82, 2.24) is 4.90 Å². The molecule has 3 nitrogen and oxygen atoms in total. The largest absolute Gasteiger partial charge is 0.399 e. The van der Waals surface area contributed by atoms with Gasteiger partial charge in [0.2, 0.25) is 5.91 Å². The molecule has 0 radical (unpaired) electrons. The van der Waals surface area contributed by atoms with E-state index in [1.807, 2.05) is 36.2 Å². The fourth-order valence-electron chi connectivity index (χ4n) is 3.19. The highest BCUT2D eigenvalue weighted by Crippen LogP contribution is 2.41. The van der Waals surface area contributed by atoms with Gasteiger partial charge in [0.1, 0.15) is 0 Å². The molecule has 2 N–H and O–H groups in total. The molecule has 1 aliphatic carbocycles. The number of benzene rings is 1. The van der Waals surface area contributed by atoms with Gasteiger partial charge in [-0.3, -0.25) is 4.79 Å². The molecule has 2 rings (SSSR count). The molecule has 1 aromatic rings. The summed E-state index contributed by atoms with van der Waals surface area (Å²) >= 11 is 0. The third kappa shape index (κ3) is 3.33. The molecule has 110 valence electrons. The summed E-state index contributed by atoms with van der Waals surface area (Å²) in [4.78, 5) is 14.6. The van der Waals surface area contributed by atoms with Crippen LogP contribution in [-0.4, -0.2) is 17.9 Å². The molecule has 1 fully saturated rings. The topological polar surface area (TPSA) is 46.3 Å². The maximum Gasteiger partial charge on any atom is 0.226 e. The zero-order valence-corrected chi connectivity index (χ0v) is 12.9. The van der Waals surface area contributed by atoms with Gasteiger partial charge in [0.05, 0.1) is 0 Å². The van der Waals surface area contributed by atoms with E-state index in [4.69, 9.17) is 5.73 Å². The van der Waals surface area contributed by atoms with E-state index >= 15 is 0 Å². The number of carbonyl (C=O) groups excluding carboxylic acids is 1. The molecule has 3 heteroatoms. The lowest BCUT2D eigenvalue weighted by Crippen LogP contribution is -2.41. The second-order valence-electron chi connectivity index (χ2n) is 6.72. The lowest BCUT2D eigenvalue weighted by atomic mass is 9.68. The third-order valence-electron chi connectivity index (χ3n) is 4.58. The second-order valence-corrected chi connectivity index (χ2v) is 6.72. The van der Waals surface area contributed by atoms with Crippen LogP contribution in [0.3, 0.4) is 0 Å². The zero-order chi connectivity index (χ0) is 14.8. The van der Waals surface area contributed by atoms with E-state index in [2.05, 4.69) is 13.8 Å². The number of nitrogens with zero attached hydrogens (tertiary/aromatic N) is 1. The summed E-state index contributed by atoms with van der Waals surface area (Å²) in [5.74, 6) is 0.446. The standard InChI is InChI=1S/C17H26N2O/c1-17(2)11-5-4-6-15(17)16(20)19(3)12-13-7-9-14(18)10-8-13/h7-10,15H,4-6,11-12,18H2,1-3H3. The van der Waals surface area contributed by atoms with E-state index in [1.54, 1.807) is 0 Å². The van der Waals surface area contributed by atoms with Crippen molar-refractivity contribution in [1.29, 1.82) is 0 Å². The van der Waals surface area contributed by atoms with Crippen LogP contribution in [0.15, 0.2) is 24.3 Å². The Hall–Kier alpha value is -1.51. The zero-order valence-electron chi connectivity index (χ0n) is 12.9. The summed E-state index contributed by atoms with van der Waals surface area (Å²) in [6.07, 6.45) is 4.60. The van der Waals surface area contributed by atoms with E-state index in [-0.39, 0.29) is 17.2 Å². The molecular formula is C17H26N2O. The van der Waals surface area contributed by atoms with Crippen molar-refractivity contribution < 1.29 is 4.79 Å². The Morgan fingerprint density at radius 3 is 2.55 bits per heavy atom. The predicted molar refractivity (Wildman–Crippen MR) is 83.1 cm³/mol. The number of nitrogen functional groups attached to an aromatic ring is 1. The molecule has 0 heterocycles. The highest BCUT2D eigenvalue weighted by atomic mass is 16.2. The molecular weight excluding hydrogens is 248 g/mol. The third-order valence-corrected chi connectivity index (χ3v) is 4.58. The average Bonchev–Trinajstić information content (AvgIpc) is 2.40. The number of rotatable bonds is 3. The molecule has 1 aliphatic rings. The van der Waals surface area contributed by atoms with Gasteiger partial charge < -0.3 is 10.6 Å². The van der Waals surface area contributed by atoms with E-state index in [1.165, 1.54) is 12.8 Å². The maximum absolute atomic E-state index is 12.7. The first-order chi connectivity index (χ1) is 9.40. The minimum atomic E-state index is 0.130. The summed E-state index contributed by atoms with van der Waals surface area (Å²) in [6.45, 7) is 5.11. The van der Waals surface area contributed by atoms with Crippen molar-refractivity contribution in [2.24, 2.45) is 11.3 Å². The monoisotopic (exact) mass is 274 g/mol. The van der Waals surface area contributed by atoms with E-state index in [9.17, 15) is 4.79 Å². The van der Waals surface area contributed by atoms with Crippen molar-refractivity contribution in [3.63, 3.8) is 0 Å². The number of hydrogen-bond donors (Lipinski definition) is 1. The van der Waals surface area contributed by atoms with Gasteiger partial charge in [-0.05, 0) is 36.0 Å². The van der Waals surface area contributed by atoms with E-state index in [0.717, 1.165) is 24.1 Å². The highest BCUT2D eigenvalue weighted by Gasteiger charge is 2.38. The number of carbonyl (C=O) groups is 1. The molecule has 0 aromatic heterocycles. The van der Waals surface area contributed by atoms with Crippen molar-refractivity contribution in [3.05, 3.63) is 29.8 Å². The summed E-state index contributed by atoms with van der Waals surface area (Å²) < 4.78 is 0. The summed E-state index contributed by atoms with van der Waals surface area (Å²) in [6, 6.07) is 7.76. The Morgan fingerprint density at radius 1 is 1.30 bits per heavy atom. The van der Waals surface area contributed by atoms with Crippen LogP contribution in [0.2, 0.25) is 0 Å². The summed E-state index contributed by atoms with van der Waals surface area (Å²) in [5, 5.41) is 0. The Labute approximate surface area is 122 Å². The molecule has 0 saturated heterocycles. The molecule has 1 unspecified atom stereocenters. The summed E-state index contributed by atoms with van der Waals surface area (Å²) in [7, 11) is 1.91. The van der Waals surface area contributed by atoms with E-state index in [0.29, 0.717) is 6.54 Å². The van der Waals surface area contributed by atoms with Gasteiger partial charge >= 0.3 is 0 Å². The van der Waals surface area contributed by atoms with Gasteiger partial charge in [0.25, 0.3) is 0 Å². The van der Waals surface area contributed by atoms with Crippen LogP contribution in [-0.2, 0) is 11.3 Å². The van der Waals surface area contributed by atoms with Crippen LogP contribution in [0.5, 0.6) is 0 Å². The van der Waals surface area contributed by atoms with Crippen LogP contribution >= 0.6 is 0 Å². The fourth-order valence-corrected chi connectivity index (χ4v) is 3.19. The van der Waals surface area contributed by atoms with Gasteiger partial charge in [-0.1, -0.05) is 38.8 Å². The Morgan fingerprint density at radius 2 is 1.95 bits per heavy atom. The molecule has 1 saturated carbocycles. The number of anilines is 1. The maximum atomic E-state index is 12.7. The number of hydrogen-bond acceptors (Lipinski definition) is 2. The minimum Gasteiger partial charge on any atom is -0.399 e. The number of nitrogens with two attached hydrogens (primary N) is 1. The molecule has 1 aromatic carbocycles. The van der Waals surface area contributed by atoms with Gasteiger partial charge in [-0.2, -0.15) is 0 Å². The van der Waals surface area contributed by atoms with Gasteiger partial charge in [0, 0.05) is 25.2 Å². The predicted octanol–water partition coefficient (Wildman–Crippen LogP) is 3.44. The quantitative estimate of drug-likeness (QED) is 0.858. The molecule has 1 atom stereocenters. The summed E-state index contributed by atoms with van der Waals surface area (Å²) in [5.41, 5.74) is 7.71. The molecule has 0 aliphatic heterocycles. The molecule has 20 heavy (non-hydrogen) atoms. The van der Waals surface area contributed by atoms with Crippen LogP contribution in [0, 0.1) is 11.3 Å². The molecule has 1 amide bonds. The Kier molecular flexibility index (Phi) is 4.36. The van der Waals surface area contributed by atoms with Crippen molar-refractivity contribution in [3.8, 4) is 0 Å². The first-order valence-corrected chi connectivity index (χ1v) is 7.49. The first-order valence-electron chi connectivity index (χ1n) is 7.49. The van der Waals surface area contributed by atoms with Gasteiger partial charge in [0.15, 0.2) is 0 Å². The van der Waals surface area contributed by atoms with Gasteiger partial charge in [-0.25, -0.2) is 0 Å². The second kappa shape index (κ2) is 5.86. The van der Waals surface area contributed by atoms with E-state index < -0.39 is 0 Å². The highest BCUT2D eigenvalue weighted by molar-refractivity contribution is 5.79. The lowest BCUT2D eigenvalue weighted by molar-refractivity contribution is -0.140.